The molecule has 0 atom stereocenters. The highest BCUT2D eigenvalue weighted by atomic mass is 32.1. The number of benzene rings is 5. The fourth-order valence-electron chi connectivity index (χ4n) is 4.10. The Labute approximate surface area is 179 Å². The van der Waals surface area contributed by atoms with E-state index in [-0.39, 0.29) is 0 Å². The molecule has 0 fully saturated rings. The van der Waals surface area contributed by atoms with Crippen molar-refractivity contribution < 1.29 is 0 Å². The number of nitrogens with one attached hydrogen (secondary N) is 1. The molecule has 0 aliphatic carbocycles. The Morgan fingerprint density at radius 3 is 2.10 bits per heavy atom. The zero-order valence-corrected chi connectivity index (χ0v) is 17.1. The van der Waals surface area contributed by atoms with Crippen molar-refractivity contribution in [2.24, 2.45) is 0 Å². The van der Waals surface area contributed by atoms with Crippen LogP contribution in [0.2, 0.25) is 0 Å². The van der Waals surface area contributed by atoms with Crippen LogP contribution in [0.1, 0.15) is 0 Å². The molecule has 1 N–H and O–H groups in total. The SMILES string of the molecule is c1ccc(-c2ccc3cc(Nc4ccc5sc6ccccc6c5c4)ccc3c2)cc1. The minimum atomic E-state index is 1.11. The lowest BCUT2D eigenvalue weighted by molar-refractivity contribution is 1.59. The van der Waals surface area contributed by atoms with E-state index in [4.69, 9.17) is 0 Å². The van der Waals surface area contributed by atoms with Crippen LogP contribution in [0.25, 0.3) is 42.1 Å². The first-order chi connectivity index (χ1) is 14.8. The van der Waals surface area contributed by atoms with Crippen molar-refractivity contribution in [1.82, 2.24) is 0 Å². The highest BCUT2D eigenvalue weighted by Gasteiger charge is 2.06. The van der Waals surface area contributed by atoms with E-state index in [2.05, 4.69) is 115 Å². The highest BCUT2D eigenvalue weighted by Crippen LogP contribution is 2.36. The van der Waals surface area contributed by atoms with Crippen molar-refractivity contribution in [2.45, 2.75) is 0 Å². The van der Waals surface area contributed by atoms with E-state index in [9.17, 15) is 0 Å². The van der Waals surface area contributed by atoms with E-state index < -0.39 is 0 Å². The van der Waals surface area contributed by atoms with Gasteiger partial charge in [-0.15, -0.1) is 11.3 Å². The number of thiophene rings is 1. The molecule has 1 aromatic heterocycles. The number of rotatable bonds is 3. The van der Waals surface area contributed by atoms with Crippen molar-refractivity contribution in [2.75, 3.05) is 5.32 Å². The van der Waals surface area contributed by atoms with Crippen LogP contribution < -0.4 is 5.32 Å². The Kier molecular flexibility index (Phi) is 4.03. The summed E-state index contributed by atoms with van der Waals surface area (Å²) in [6, 6.07) is 39.0. The summed E-state index contributed by atoms with van der Waals surface area (Å²) in [6.07, 6.45) is 0. The molecule has 1 heterocycles. The van der Waals surface area contributed by atoms with Gasteiger partial charge in [-0.3, -0.25) is 0 Å². The van der Waals surface area contributed by atoms with Crippen LogP contribution in [-0.4, -0.2) is 0 Å². The molecule has 0 radical (unpaired) electrons. The second-order valence-corrected chi connectivity index (χ2v) is 8.66. The van der Waals surface area contributed by atoms with Crippen molar-refractivity contribution >= 4 is 53.7 Å². The molecule has 0 spiro atoms. The average molecular weight is 402 g/mol. The molecule has 5 aromatic carbocycles. The lowest BCUT2D eigenvalue weighted by Gasteiger charge is -2.09. The third-order valence-electron chi connectivity index (χ3n) is 5.61. The van der Waals surface area contributed by atoms with Crippen molar-refractivity contribution in [3.05, 3.63) is 109 Å². The highest BCUT2D eigenvalue weighted by molar-refractivity contribution is 7.25. The molecular formula is C28H19NS. The van der Waals surface area contributed by atoms with Gasteiger partial charge in [0, 0.05) is 31.5 Å². The van der Waals surface area contributed by atoms with Crippen molar-refractivity contribution in [3.63, 3.8) is 0 Å². The number of hydrogen-bond donors (Lipinski definition) is 1. The summed E-state index contributed by atoms with van der Waals surface area (Å²) < 4.78 is 2.67. The molecule has 0 aliphatic heterocycles. The summed E-state index contributed by atoms with van der Waals surface area (Å²) in [5.41, 5.74) is 4.72. The molecule has 6 rings (SSSR count). The van der Waals surface area contributed by atoms with Gasteiger partial charge in [0.2, 0.25) is 0 Å². The standard InChI is InChI=1S/C28H19NS/c1-2-6-19(7-3-1)20-10-11-22-17-23(13-12-21(22)16-20)29-24-14-15-28-26(18-24)25-8-4-5-9-27(25)30-28/h1-18,29H. The van der Waals surface area contributed by atoms with Gasteiger partial charge in [-0.1, -0.05) is 66.7 Å². The Morgan fingerprint density at radius 1 is 0.467 bits per heavy atom. The monoisotopic (exact) mass is 401 g/mol. The minimum Gasteiger partial charge on any atom is -0.355 e. The Balaban J connectivity index is 1.35. The third kappa shape index (κ3) is 3.02. The van der Waals surface area contributed by atoms with Crippen molar-refractivity contribution in [1.29, 1.82) is 0 Å². The van der Waals surface area contributed by atoms with Crippen LogP contribution >= 0.6 is 11.3 Å². The lowest BCUT2D eigenvalue weighted by atomic mass is 10.0. The van der Waals surface area contributed by atoms with E-state index in [1.807, 2.05) is 11.3 Å². The lowest BCUT2D eigenvalue weighted by Crippen LogP contribution is -1.90. The molecule has 6 aromatic rings. The van der Waals surface area contributed by atoms with Gasteiger partial charge >= 0.3 is 0 Å². The molecule has 0 saturated carbocycles. The fraction of sp³-hybridized carbons (Fsp3) is 0. The maximum absolute atomic E-state index is 3.59. The predicted molar refractivity (Wildman–Crippen MR) is 132 cm³/mol. The maximum Gasteiger partial charge on any atom is 0.0391 e. The molecule has 0 unspecified atom stereocenters. The molecule has 0 aliphatic rings. The first-order valence-corrected chi connectivity index (χ1v) is 10.9. The van der Waals surface area contributed by atoms with Gasteiger partial charge < -0.3 is 5.32 Å². The second kappa shape index (κ2) is 7.01. The van der Waals surface area contributed by atoms with E-state index in [1.54, 1.807) is 0 Å². The van der Waals surface area contributed by atoms with Gasteiger partial charge in [0.05, 0.1) is 0 Å². The Hall–Kier alpha value is -3.62. The summed E-state index contributed by atoms with van der Waals surface area (Å²) in [4.78, 5) is 0. The number of hydrogen-bond acceptors (Lipinski definition) is 2. The number of anilines is 2. The summed E-state index contributed by atoms with van der Waals surface area (Å²) in [7, 11) is 0. The summed E-state index contributed by atoms with van der Waals surface area (Å²) in [5, 5.41) is 8.72. The quantitative estimate of drug-likeness (QED) is 0.313. The minimum absolute atomic E-state index is 1.11. The van der Waals surface area contributed by atoms with Gasteiger partial charge in [-0.25, -0.2) is 0 Å². The molecule has 2 heteroatoms. The second-order valence-electron chi connectivity index (χ2n) is 7.58. The fourth-order valence-corrected chi connectivity index (χ4v) is 5.19. The van der Waals surface area contributed by atoms with Crippen LogP contribution in [0.4, 0.5) is 11.4 Å². The van der Waals surface area contributed by atoms with Gasteiger partial charge in [-0.05, 0) is 64.4 Å². The van der Waals surface area contributed by atoms with Gasteiger partial charge in [-0.2, -0.15) is 0 Å². The summed E-state index contributed by atoms with van der Waals surface area (Å²) >= 11 is 1.85. The smallest absolute Gasteiger partial charge is 0.0391 e. The van der Waals surface area contributed by atoms with Crippen molar-refractivity contribution in [3.8, 4) is 11.1 Å². The van der Waals surface area contributed by atoms with Gasteiger partial charge in [0.15, 0.2) is 0 Å². The van der Waals surface area contributed by atoms with Crippen LogP contribution in [-0.2, 0) is 0 Å². The zero-order valence-electron chi connectivity index (χ0n) is 16.3. The zero-order chi connectivity index (χ0) is 19.9. The summed E-state index contributed by atoms with van der Waals surface area (Å²) in [5.74, 6) is 0. The predicted octanol–water partition coefficient (Wildman–Crippen LogP) is 8.62. The molecule has 1 nitrogen and oxygen atoms in total. The normalized spacial score (nSPS) is 11.3. The van der Waals surface area contributed by atoms with Crippen LogP contribution in [0.5, 0.6) is 0 Å². The molecular weight excluding hydrogens is 382 g/mol. The third-order valence-corrected chi connectivity index (χ3v) is 6.76. The molecule has 142 valence electrons. The number of fused-ring (bicyclic) bond motifs is 4. The molecule has 0 amide bonds. The van der Waals surface area contributed by atoms with Crippen LogP contribution in [0.3, 0.4) is 0 Å². The van der Waals surface area contributed by atoms with Crippen LogP contribution in [0.15, 0.2) is 109 Å². The van der Waals surface area contributed by atoms with E-state index >= 15 is 0 Å². The van der Waals surface area contributed by atoms with E-state index in [0.29, 0.717) is 0 Å². The maximum atomic E-state index is 3.59. The van der Waals surface area contributed by atoms with E-state index in [0.717, 1.165) is 11.4 Å². The Morgan fingerprint density at radius 2 is 1.17 bits per heavy atom. The Bertz CT molecular complexity index is 1510. The van der Waals surface area contributed by atoms with E-state index in [1.165, 1.54) is 42.1 Å². The topological polar surface area (TPSA) is 12.0 Å². The van der Waals surface area contributed by atoms with Gasteiger partial charge in [0.25, 0.3) is 0 Å². The summed E-state index contributed by atoms with van der Waals surface area (Å²) in [6.45, 7) is 0. The molecule has 0 saturated heterocycles. The first kappa shape index (κ1) is 17.3. The largest absolute Gasteiger partial charge is 0.355 e. The van der Waals surface area contributed by atoms with Crippen LogP contribution in [0, 0.1) is 0 Å². The molecule has 30 heavy (non-hydrogen) atoms. The first-order valence-electron chi connectivity index (χ1n) is 10.1. The molecule has 0 bridgehead atoms. The average Bonchev–Trinajstić information content (AvgIpc) is 3.17. The van der Waals surface area contributed by atoms with Gasteiger partial charge in [0.1, 0.15) is 0 Å².